The van der Waals surface area contributed by atoms with Crippen molar-refractivity contribution >= 4 is 17.5 Å². The van der Waals surface area contributed by atoms with Crippen LogP contribution in [0.2, 0.25) is 0 Å². The van der Waals surface area contributed by atoms with Gasteiger partial charge in [0, 0.05) is 58.6 Å². The summed E-state index contributed by atoms with van der Waals surface area (Å²) in [5, 5.41) is 0. The maximum absolute atomic E-state index is 14.9. The van der Waals surface area contributed by atoms with E-state index in [9.17, 15) is 35.9 Å². The number of amides is 2. The van der Waals surface area contributed by atoms with Crippen molar-refractivity contribution in [1.82, 2.24) is 14.8 Å². The molecule has 2 aliphatic heterocycles. The number of pyridine rings is 1. The first kappa shape index (κ1) is 38.4. The van der Waals surface area contributed by atoms with E-state index in [4.69, 9.17) is 14.2 Å². The van der Waals surface area contributed by atoms with Gasteiger partial charge in [0.15, 0.2) is 0 Å². The Kier molecular flexibility index (Phi) is 12.0. The summed E-state index contributed by atoms with van der Waals surface area (Å²) in [6.07, 6.45) is -4.10. The third-order valence-corrected chi connectivity index (χ3v) is 9.24. The second-order valence-electron chi connectivity index (χ2n) is 12.4. The van der Waals surface area contributed by atoms with E-state index in [1.54, 1.807) is 31.1 Å². The number of alkyl halides is 6. The number of aromatic nitrogens is 1. The molecule has 1 aromatic heterocycles. The lowest BCUT2D eigenvalue weighted by Crippen LogP contribution is -2.69. The van der Waals surface area contributed by atoms with Gasteiger partial charge in [-0.05, 0) is 62.2 Å². The van der Waals surface area contributed by atoms with E-state index < -0.39 is 52.5 Å². The van der Waals surface area contributed by atoms with Crippen molar-refractivity contribution in [3.05, 3.63) is 95.8 Å². The van der Waals surface area contributed by atoms with Gasteiger partial charge >= 0.3 is 12.4 Å². The summed E-state index contributed by atoms with van der Waals surface area (Å²) < 4.78 is 100. The lowest BCUT2D eigenvalue weighted by Gasteiger charge is -2.50. The van der Waals surface area contributed by atoms with Crippen LogP contribution in [0.5, 0.6) is 11.5 Å². The second kappa shape index (κ2) is 16.3. The van der Waals surface area contributed by atoms with Gasteiger partial charge in [-0.2, -0.15) is 26.3 Å². The van der Waals surface area contributed by atoms with E-state index in [1.165, 1.54) is 4.90 Å². The fraction of sp³-hybridized carbons (Fsp3) is 0.432. The molecular formula is C37H40F6N4O5. The second-order valence-corrected chi connectivity index (χ2v) is 12.4. The lowest BCUT2D eigenvalue weighted by molar-refractivity contribution is -0.159. The smallest absolute Gasteiger partial charge is 0.417 e. The number of piperazine rings is 1. The Hall–Kier alpha value is -4.79. The minimum atomic E-state index is -4.86. The number of halogens is 6. The molecule has 52 heavy (non-hydrogen) atoms. The molecule has 0 bridgehead atoms. The van der Waals surface area contributed by atoms with Crippen LogP contribution in [0.25, 0.3) is 0 Å². The molecule has 3 heterocycles. The van der Waals surface area contributed by atoms with Crippen molar-refractivity contribution < 1.29 is 50.1 Å². The summed E-state index contributed by atoms with van der Waals surface area (Å²) in [5.41, 5.74) is -3.83. The molecule has 2 fully saturated rings. The van der Waals surface area contributed by atoms with Crippen molar-refractivity contribution in [2.45, 2.75) is 50.2 Å². The van der Waals surface area contributed by atoms with Gasteiger partial charge in [0.1, 0.15) is 18.1 Å². The zero-order valence-electron chi connectivity index (χ0n) is 28.8. The number of anilines is 1. The Morgan fingerprint density at radius 3 is 2.29 bits per heavy atom. The van der Waals surface area contributed by atoms with Crippen LogP contribution in [0, 0.1) is 0 Å². The maximum atomic E-state index is 14.9. The highest BCUT2D eigenvalue weighted by Gasteiger charge is 2.56. The predicted octanol–water partition coefficient (Wildman–Crippen LogP) is 6.88. The van der Waals surface area contributed by atoms with E-state index in [2.05, 4.69) is 9.88 Å². The number of benzene rings is 2. The molecule has 2 atom stereocenters. The number of likely N-dealkylation sites (tertiary alicyclic amines) is 1. The topological polar surface area (TPSA) is 84.4 Å². The number of allylic oxidation sites excluding steroid dienone is 1. The summed E-state index contributed by atoms with van der Waals surface area (Å²) >= 11 is 0. The van der Waals surface area contributed by atoms with Gasteiger partial charge in [-0.25, -0.2) is 0 Å². The minimum Gasteiger partial charge on any atom is -0.489 e. The van der Waals surface area contributed by atoms with Crippen LogP contribution in [0.4, 0.5) is 32.0 Å². The molecule has 0 radical (unpaired) electrons. The molecule has 2 saturated heterocycles. The molecule has 0 aliphatic carbocycles. The molecule has 280 valence electrons. The third kappa shape index (κ3) is 8.46. The molecule has 0 spiro atoms. The van der Waals surface area contributed by atoms with Gasteiger partial charge in [0.25, 0.3) is 11.8 Å². The Morgan fingerprint density at radius 2 is 1.63 bits per heavy atom. The lowest BCUT2D eigenvalue weighted by atomic mass is 9.80. The number of rotatable bonds is 11. The van der Waals surface area contributed by atoms with Crippen LogP contribution in [0.15, 0.2) is 79.1 Å². The fourth-order valence-electron chi connectivity index (χ4n) is 6.71. The summed E-state index contributed by atoms with van der Waals surface area (Å²) in [6.45, 7) is 3.66. The van der Waals surface area contributed by atoms with E-state index in [1.807, 2.05) is 24.3 Å². The van der Waals surface area contributed by atoms with Crippen molar-refractivity contribution in [2.75, 3.05) is 57.9 Å². The zero-order chi connectivity index (χ0) is 37.5. The summed E-state index contributed by atoms with van der Waals surface area (Å²) in [5.74, 6) is -0.925. The van der Waals surface area contributed by atoms with Gasteiger partial charge in [0.05, 0.1) is 35.0 Å². The number of nitrogens with zero attached hydrogens (tertiary/aromatic N) is 4. The Balaban J connectivity index is 1.51. The first-order valence-electron chi connectivity index (χ1n) is 16.8. The molecule has 0 N–H and O–H groups in total. The molecule has 5 rings (SSSR count). The van der Waals surface area contributed by atoms with Crippen LogP contribution in [-0.2, 0) is 21.9 Å². The van der Waals surface area contributed by atoms with Gasteiger partial charge in [0.2, 0.25) is 5.60 Å². The highest BCUT2D eigenvalue weighted by atomic mass is 19.4. The highest BCUT2D eigenvalue weighted by Crippen LogP contribution is 2.41. The van der Waals surface area contributed by atoms with Crippen LogP contribution in [0.3, 0.4) is 0 Å². The maximum Gasteiger partial charge on any atom is 0.417 e. The number of carbonyl (C=O) groups is 2. The molecule has 3 aromatic rings. The first-order chi connectivity index (χ1) is 24.8. The SMILES string of the molecule is CC=CCC1N(C(=O)c2cnccc2C(F)(F)F)CCCC1(Oc1ccc(C(F)(F)F)cc1)C(=O)N1CCN(c2ccccc2OCCOC)CC1. The van der Waals surface area contributed by atoms with Crippen LogP contribution in [-0.4, -0.2) is 91.3 Å². The number of hydrogen-bond acceptors (Lipinski definition) is 7. The molecule has 2 aliphatic rings. The molecule has 0 saturated carbocycles. The Morgan fingerprint density at radius 1 is 0.923 bits per heavy atom. The Labute approximate surface area is 297 Å². The van der Waals surface area contributed by atoms with Crippen molar-refractivity contribution in [3.8, 4) is 11.5 Å². The standard InChI is InChI=1S/C37H40F6N4O5/c1-3-4-10-32-35(52-27-13-11-26(12-14-27)36(38,39)40,16-7-18-47(32)33(48)28-25-44-17-15-29(28)37(41,42)43)34(49)46-21-19-45(20-22-46)30-8-5-6-9-31(30)51-24-23-50-2/h3-6,8-9,11-15,17,25,32H,7,10,16,18-24H2,1-2H3. The quantitative estimate of drug-likeness (QED) is 0.121. The molecule has 9 nitrogen and oxygen atoms in total. The van der Waals surface area contributed by atoms with Crippen molar-refractivity contribution in [3.63, 3.8) is 0 Å². The number of para-hydroxylation sites is 2. The number of carbonyl (C=O) groups excluding carboxylic acids is 2. The summed E-state index contributed by atoms with van der Waals surface area (Å²) in [7, 11) is 1.57. The number of piperidine rings is 1. The molecule has 15 heteroatoms. The number of methoxy groups -OCH3 is 1. The van der Waals surface area contributed by atoms with E-state index in [0.717, 1.165) is 48.4 Å². The van der Waals surface area contributed by atoms with Crippen LogP contribution < -0.4 is 14.4 Å². The average Bonchev–Trinajstić information content (AvgIpc) is 3.13. The Bertz CT molecular complexity index is 1710. The van der Waals surface area contributed by atoms with Crippen molar-refractivity contribution in [2.24, 2.45) is 0 Å². The van der Waals surface area contributed by atoms with Gasteiger partial charge in [-0.1, -0.05) is 24.3 Å². The fourth-order valence-corrected chi connectivity index (χ4v) is 6.71. The van der Waals surface area contributed by atoms with Gasteiger partial charge < -0.3 is 28.9 Å². The van der Waals surface area contributed by atoms with Gasteiger partial charge in [-0.3, -0.25) is 14.6 Å². The van der Waals surface area contributed by atoms with Crippen LogP contribution in [0.1, 0.15) is 47.7 Å². The third-order valence-electron chi connectivity index (χ3n) is 9.24. The van der Waals surface area contributed by atoms with Gasteiger partial charge in [-0.15, -0.1) is 0 Å². The predicted molar refractivity (Wildman–Crippen MR) is 180 cm³/mol. The molecule has 2 aromatic carbocycles. The van der Waals surface area contributed by atoms with E-state index in [0.29, 0.717) is 32.1 Å². The summed E-state index contributed by atoms with van der Waals surface area (Å²) in [4.78, 5) is 37.6. The van der Waals surface area contributed by atoms with E-state index in [-0.39, 0.29) is 44.6 Å². The summed E-state index contributed by atoms with van der Waals surface area (Å²) in [6, 6.07) is 10.9. The largest absolute Gasteiger partial charge is 0.489 e. The van der Waals surface area contributed by atoms with Crippen LogP contribution >= 0.6 is 0 Å². The first-order valence-corrected chi connectivity index (χ1v) is 16.8. The zero-order valence-corrected chi connectivity index (χ0v) is 28.8. The van der Waals surface area contributed by atoms with E-state index >= 15 is 0 Å². The molecule has 2 amide bonds. The number of ether oxygens (including phenoxy) is 3. The average molecular weight is 735 g/mol. The number of hydrogen-bond donors (Lipinski definition) is 0. The molecule has 2 unspecified atom stereocenters. The normalized spacial score (nSPS) is 19.9. The van der Waals surface area contributed by atoms with Crippen molar-refractivity contribution in [1.29, 1.82) is 0 Å². The minimum absolute atomic E-state index is 0.00623. The monoisotopic (exact) mass is 734 g/mol. The molecular weight excluding hydrogens is 694 g/mol. The highest BCUT2D eigenvalue weighted by molar-refractivity contribution is 5.97.